The van der Waals surface area contributed by atoms with E-state index in [-0.39, 0.29) is 24.0 Å². The summed E-state index contributed by atoms with van der Waals surface area (Å²) in [7, 11) is 0. The number of benzene rings is 2. The van der Waals surface area contributed by atoms with Gasteiger partial charge < -0.3 is 15.1 Å². The van der Waals surface area contributed by atoms with Gasteiger partial charge in [0.2, 0.25) is 5.91 Å². The molecule has 2 saturated heterocycles. The largest absolute Gasteiger partial charge is 0.357 e. The number of halogens is 1. The molecule has 2 aliphatic heterocycles. The van der Waals surface area contributed by atoms with Crippen molar-refractivity contribution in [2.45, 2.75) is 26.2 Å². The van der Waals surface area contributed by atoms with Crippen molar-refractivity contribution in [1.82, 2.24) is 20.0 Å². The number of piperazine rings is 1. The monoisotopic (exact) mass is 549 g/mol. The lowest BCUT2D eigenvalue weighted by Crippen LogP contribution is -2.54. The van der Waals surface area contributed by atoms with Crippen molar-refractivity contribution in [2.75, 3.05) is 58.9 Å². The van der Waals surface area contributed by atoms with E-state index < -0.39 is 0 Å². The summed E-state index contributed by atoms with van der Waals surface area (Å²) in [6, 6.07) is 15.1. The van der Waals surface area contributed by atoms with Crippen LogP contribution in [0.3, 0.4) is 0 Å². The van der Waals surface area contributed by atoms with Gasteiger partial charge >= 0.3 is 0 Å². The Labute approximate surface area is 209 Å². The van der Waals surface area contributed by atoms with Crippen LogP contribution in [0.5, 0.6) is 0 Å². The van der Waals surface area contributed by atoms with Gasteiger partial charge in [-0.2, -0.15) is 0 Å². The summed E-state index contributed by atoms with van der Waals surface area (Å²) in [5, 5.41) is 6.07. The second-order valence-corrected chi connectivity index (χ2v) is 8.48. The molecule has 0 spiro atoms. The number of likely N-dealkylation sites (tertiary alicyclic amines) is 1. The minimum atomic E-state index is 0. The van der Waals surface area contributed by atoms with Gasteiger partial charge in [-0.3, -0.25) is 14.7 Å². The summed E-state index contributed by atoms with van der Waals surface area (Å²) in [5.41, 5.74) is 1.35. The van der Waals surface area contributed by atoms with Crippen molar-refractivity contribution in [3.8, 4) is 0 Å². The van der Waals surface area contributed by atoms with Crippen LogP contribution in [-0.4, -0.2) is 85.5 Å². The molecule has 2 fully saturated rings. The van der Waals surface area contributed by atoms with E-state index in [2.05, 4.69) is 64.5 Å². The van der Waals surface area contributed by atoms with E-state index in [1.165, 1.54) is 16.3 Å². The Balaban J connectivity index is 0.00000289. The SMILES string of the molecule is CCNC(=NCCc1cccc2ccccc12)N1CCN(CC(=O)N2CCCC2)CC1.I. The maximum absolute atomic E-state index is 12.4. The van der Waals surface area contributed by atoms with Crippen molar-refractivity contribution in [1.29, 1.82) is 0 Å². The molecule has 2 heterocycles. The Morgan fingerprint density at radius 1 is 0.938 bits per heavy atom. The van der Waals surface area contributed by atoms with Crippen LogP contribution >= 0.6 is 24.0 Å². The number of fused-ring (bicyclic) bond motifs is 1. The molecular formula is C25H36IN5O. The number of hydrogen-bond donors (Lipinski definition) is 1. The van der Waals surface area contributed by atoms with Gasteiger partial charge in [0.1, 0.15) is 0 Å². The number of nitrogens with zero attached hydrogens (tertiary/aromatic N) is 4. The number of amides is 1. The molecule has 0 saturated carbocycles. The number of hydrogen-bond acceptors (Lipinski definition) is 3. The highest BCUT2D eigenvalue weighted by Crippen LogP contribution is 2.19. The molecule has 0 unspecified atom stereocenters. The van der Waals surface area contributed by atoms with Gasteiger partial charge in [-0.15, -0.1) is 24.0 Å². The molecule has 2 aromatic carbocycles. The number of guanidine groups is 1. The number of aliphatic imine (C=N–C) groups is 1. The Morgan fingerprint density at radius 3 is 2.41 bits per heavy atom. The van der Waals surface area contributed by atoms with Crippen molar-refractivity contribution >= 4 is 46.6 Å². The smallest absolute Gasteiger partial charge is 0.236 e. The minimum Gasteiger partial charge on any atom is -0.357 e. The van der Waals surface area contributed by atoms with Crippen molar-refractivity contribution < 1.29 is 4.79 Å². The third kappa shape index (κ3) is 6.34. The van der Waals surface area contributed by atoms with Gasteiger partial charge in [0, 0.05) is 52.4 Å². The molecule has 2 aromatic rings. The first-order valence-corrected chi connectivity index (χ1v) is 11.7. The fourth-order valence-electron chi connectivity index (χ4n) is 4.59. The van der Waals surface area contributed by atoms with Gasteiger partial charge in [-0.25, -0.2) is 0 Å². The Hall–Kier alpha value is -1.87. The normalized spacial score (nSPS) is 17.5. The summed E-state index contributed by atoms with van der Waals surface area (Å²) in [6.07, 6.45) is 3.24. The van der Waals surface area contributed by atoms with Gasteiger partial charge in [0.25, 0.3) is 0 Å². The molecule has 1 N–H and O–H groups in total. The molecule has 4 rings (SSSR count). The predicted molar refractivity (Wildman–Crippen MR) is 143 cm³/mol. The molecule has 0 radical (unpaired) electrons. The molecule has 174 valence electrons. The van der Waals surface area contributed by atoms with Crippen molar-refractivity contribution in [3.05, 3.63) is 48.0 Å². The zero-order chi connectivity index (χ0) is 21.5. The van der Waals surface area contributed by atoms with E-state index in [9.17, 15) is 4.79 Å². The molecular weight excluding hydrogens is 513 g/mol. The lowest BCUT2D eigenvalue weighted by atomic mass is 10.0. The Bertz CT molecular complexity index is 899. The third-order valence-corrected chi connectivity index (χ3v) is 6.35. The molecule has 6 nitrogen and oxygen atoms in total. The third-order valence-electron chi connectivity index (χ3n) is 6.35. The van der Waals surface area contributed by atoms with Crippen molar-refractivity contribution in [2.24, 2.45) is 4.99 Å². The summed E-state index contributed by atoms with van der Waals surface area (Å²) in [6.45, 7) is 9.82. The number of rotatable bonds is 6. The summed E-state index contributed by atoms with van der Waals surface area (Å²) in [5.74, 6) is 1.29. The fraction of sp³-hybridized carbons (Fsp3) is 0.520. The average Bonchev–Trinajstić information content (AvgIpc) is 3.34. The summed E-state index contributed by atoms with van der Waals surface area (Å²) in [4.78, 5) is 24.0. The van der Waals surface area contributed by atoms with E-state index in [0.29, 0.717) is 12.5 Å². The van der Waals surface area contributed by atoms with Crippen molar-refractivity contribution in [3.63, 3.8) is 0 Å². The van der Waals surface area contributed by atoms with E-state index >= 15 is 0 Å². The predicted octanol–water partition coefficient (Wildman–Crippen LogP) is 3.21. The molecule has 0 aromatic heterocycles. The molecule has 0 bridgehead atoms. The lowest BCUT2D eigenvalue weighted by molar-refractivity contribution is -0.131. The van der Waals surface area contributed by atoms with Gasteiger partial charge in [-0.05, 0) is 42.5 Å². The fourth-order valence-corrected chi connectivity index (χ4v) is 4.59. The highest BCUT2D eigenvalue weighted by molar-refractivity contribution is 14.0. The van der Waals surface area contributed by atoms with Gasteiger partial charge in [0.05, 0.1) is 6.54 Å². The molecule has 2 aliphatic rings. The molecule has 1 amide bonds. The van der Waals surface area contributed by atoms with Crippen LogP contribution in [0, 0.1) is 0 Å². The minimum absolute atomic E-state index is 0. The molecule has 0 aliphatic carbocycles. The van der Waals surface area contributed by atoms with E-state index in [4.69, 9.17) is 4.99 Å². The van der Waals surface area contributed by atoms with Crippen LogP contribution in [0.25, 0.3) is 10.8 Å². The quantitative estimate of drug-likeness (QED) is 0.342. The maximum Gasteiger partial charge on any atom is 0.236 e. The zero-order valence-electron chi connectivity index (χ0n) is 19.1. The second kappa shape index (κ2) is 12.4. The first-order valence-electron chi connectivity index (χ1n) is 11.7. The lowest BCUT2D eigenvalue weighted by Gasteiger charge is -2.36. The Kier molecular flexibility index (Phi) is 9.59. The van der Waals surface area contributed by atoms with Crippen LogP contribution in [0.15, 0.2) is 47.5 Å². The standard InChI is InChI=1S/C25H35N5O.HI/c1-2-26-25(27-13-12-22-10-7-9-21-8-3-4-11-23(21)22)30-18-16-28(17-19-30)20-24(31)29-14-5-6-15-29;/h3-4,7-11H,2,5-6,12-20H2,1H3,(H,26,27);1H. The Morgan fingerprint density at radius 2 is 1.66 bits per heavy atom. The second-order valence-electron chi connectivity index (χ2n) is 8.48. The highest BCUT2D eigenvalue weighted by atomic mass is 127. The van der Waals surface area contributed by atoms with Gasteiger partial charge in [0.15, 0.2) is 5.96 Å². The highest BCUT2D eigenvalue weighted by Gasteiger charge is 2.24. The number of carbonyl (C=O) groups excluding carboxylic acids is 1. The van der Waals surface area contributed by atoms with Crippen LogP contribution in [0.2, 0.25) is 0 Å². The van der Waals surface area contributed by atoms with Crippen LogP contribution in [-0.2, 0) is 11.2 Å². The van der Waals surface area contributed by atoms with Crippen LogP contribution in [0.4, 0.5) is 0 Å². The molecule has 32 heavy (non-hydrogen) atoms. The first kappa shape index (κ1) is 24.8. The molecule has 0 atom stereocenters. The first-order chi connectivity index (χ1) is 15.2. The topological polar surface area (TPSA) is 51.2 Å². The van der Waals surface area contributed by atoms with Gasteiger partial charge in [-0.1, -0.05) is 42.5 Å². The number of carbonyl (C=O) groups is 1. The number of nitrogens with one attached hydrogen (secondary N) is 1. The van der Waals surface area contributed by atoms with E-state index in [1.54, 1.807) is 0 Å². The zero-order valence-corrected chi connectivity index (χ0v) is 21.5. The summed E-state index contributed by atoms with van der Waals surface area (Å²) >= 11 is 0. The molecule has 7 heteroatoms. The van der Waals surface area contributed by atoms with E-state index in [0.717, 1.165) is 77.6 Å². The maximum atomic E-state index is 12.4. The van der Waals surface area contributed by atoms with E-state index in [1.807, 2.05) is 4.90 Å². The summed E-state index contributed by atoms with van der Waals surface area (Å²) < 4.78 is 0. The van der Waals surface area contributed by atoms with Crippen LogP contribution in [0.1, 0.15) is 25.3 Å². The van der Waals surface area contributed by atoms with Crippen LogP contribution < -0.4 is 5.32 Å². The average molecular weight is 550 g/mol.